The molecule has 2 N–H and O–H groups in total. The third-order valence-corrected chi connectivity index (χ3v) is 6.76. The predicted molar refractivity (Wildman–Crippen MR) is 112 cm³/mol. The monoisotopic (exact) mass is 404 g/mol. The van der Waals surface area contributed by atoms with Gasteiger partial charge >= 0.3 is 0 Å². The Labute approximate surface area is 167 Å². The molecular formula is C22H29FN2O2S. The molecule has 152 valence electrons. The van der Waals surface area contributed by atoms with Gasteiger partial charge in [0, 0.05) is 17.6 Å². The fourth-order valence-electron chi connectivity index (χ4n) is 3.62. The van der Waals surface area contributed by atoms with Crippen molar-refractivity contribution in [2.24, 2.45) is 0 Å². The number of benzene rings is 2. The van der Waals surface area contributed by atoms with Gasteiger partial charge in [0.15, 0.2) is 0 Å². The molecule has 0 saturated carbocycles. The standard InChI is InChI=1S/C22H29FN2O2S/c1-3-12-24-20-8-4-19-14-21(9-5-18(19)13-20)25-28(26,27)22-10-6-17(7-11-22)16(2)15-23/h5-7,9-11,14,16,20,24-25H,3-4,8,12-13,15H2,1-2H3/t16-,20+/m1/s1. The van der Waals surface area contributed by atoms with Gasteiger partial charge in [0.1, 0.15) is 0 Å². The van der Waals surface area contributed by atoms with Gasteiger partial charge in [0.25, 0.3) is 10.0 Å². The summed E-state index contributed by atoms with van der Waals surface area (Å²) in [6, 6.07) is 12.7. The molecule has 2 aromatic carbocycles. The molecule has 3 rings (SSSR count). The van der Waals surface area contributed by atoms with E-state index < -0.39 is 16.7 Å². The van der Waals surface area contributed by atoms with Gasteiger partial charge in [-0.2, -0.15) is 0 Å². The number of rotatable bonds is 8. The molecule has 1 aliphatic rings. The van der Waals surface area contributed by atoms with Crippen LogP contribution in [-0.2, 0) is 22.9 Å². The summed E-state index contributed by atoms with van der Waals surface area (Å²) >= 11 is 0. The number of aryl methyl sites for hydroxylation is 1. The second-order valence-corrected chi connectivity index (χ2v) is 9.29. The molecule has 0 bridgehead atoms. The van der Waals surface area contributed by atoms with Crippen LogP contribution in [0.15, 0.2) is 47.4 Å². The van der Waals surface area contributed by atoms with Crippen LogP contribution >= 0.6 is 0 Å². The molecule has 0 unspecified atom stereocenters. The summed E-state index contributed by atoms with van der Waals surface area (Å²) in [7, 11) is -3.67. The molecule has 2 aromatic rings. The van der Waals surface area contributed by atoms with Gasteiger partial charge < -0.3 is 5.32 Å². The minimum absolute atomic E-state index is 0.184. The zero-order chi connectivity index (χ0) is 20.1. The number of anilines is 1. The Hall–Kier alpha value is -1.92. The SMILES string of the molecule is CCCN[C@H]1CCc2cc(NS(=O)(=O)c3ccc([C@H](C)CF)cc3)ccc2C1. The van der Waals surface area contributed by atoms with Gasteiger partial charge in [-0.1, -0.05) is 32.0 Å². The molecule has 0 aromatic heterocycles. The third-order valence-electron chi connectivity index (χ3n) is 5.36. The normalized spacial score (nSPS) is 17.8. The number of halogens is 1. The van der Waals surface area contributed by atoms with E-state index in [9.17, 15) is 12.8 Å². The first-order valence-electron chi connectivity index (χ1n) is 9.97. The number of sulfonamides is 1. The second kappa shape index (κ2) is 9.05. The highest BCUT2D eigenvalue weighted by Crippen LogP contribution is 2.26. The lowest BCUT2D eigenvalue weighted by molar-refractivity contribution is 0.447. The summed E-state index contributed by atoms with van der Waals surface area (Å²) in [4.78, 5) is 0.184. The average molecular weight is 405 g/mol. The Kier molecular flexibility index (Phi) is 6.73. The lowest BCUT2D eigenvalue weighted by atomic mass is 9.88. The van der Waals surface area contributed by atoms with Crippen molar-refractivity contribution in [1.29, 1.82) is 0 Å². The Morgan fingerprint density at radius 3 is 2.57 bits per heavy atom. The molecule has 6 heteroatoms. The van der Waals surface area contributed by atoms with Crippen LogP contribution in [0.1, 0.15) is 49.3 Å². The molecule has 4 nitrogen and oxygen atoms in total. The fourth-order valence-corrected chi connectivity index (χ4v) is 4.67. The van der Waals surface area contributed by atoms with E-state index in [1.54, 1.807) is 19.1 Å². The van der Waals surface area contributed by atoms with E-state index in [2.05, 4.69) is 17.0 Å². The lowest BCUT2D eigenvalue weighted by Crippen LogP contribution is -2.35. The van der Waals surface area contributed by atoms with Crippen LogP contribution in [-0.4, -0.2) is 27.7 Å². The third kappa shape index (κ3) is 4.92. The first kappa shape index (κ1) is 20.8. The van der Waals surface area contributed by atoms with E-state index in [0.29, 0.717) is 11.7 Å². The van der Waals surface area contributed by atoms with Crippen molar-refractivity contribution in [2.45, 2.75) is 56.4 Å². The van der Waals surface area contributed by atoms with Crippen molar-refractivity contribution in [1.82, 2.24) is 5.32 Å². The number of nitrogens with one attached hydrogen (secondary N) is 2. The summed E-state index contributed by atoms with van der Waals surface area (Å²) < 4.78 is 40.8. The molecule has 0 spiro atoms. The van der Waals surface area contributed by atoms with Crippen molar-refractivity contribution in [3.8, 4) is 0 Å². The molecule has 28 heavy (non-hydrogen) atoms. The van der Waals surface area contributed by atoms with E-state index in [4.69, 9.17) is 0 Å². The molecule has 2 atom stereocenters. The van der Waals surface area contributed by atoms with Crippen molar-refractivity contribution in [3.05, 3.63) is 59.2 Å². The maximum atomic E-state index is 12.8. The molecule has 0 amide bonds. The summed E-state index contributed by atoms with van der Waals surface area (Å²) in [6.45, 7) is 4.50. The Bertz CT molecular complexity index is 897. The topological polar surface area (TPSA) is 58.2 Å². The van der Waals surface area contributed by atoms with Crippen LogP contribution in [0.4, 0.5) is 10.1 Å². The van der Waals surface area contributed by atoms with Gasteiger partial charge in [-0.15, -0.1) is 0 Å². The van der Waals surface area contributed by atoms with E-state index in [1.165, 1.54) is 23.3 Å². The van der Waals surface area contributed by atoms with Crippen molar-refractivity contribution in [3.63, 3.8) is 0 Å². The molecule has 0 fully saturated rings. The van der Waals surface area contributed by atoms with Crippen molar-refractivity contribution in [2.75, 3.05) is 17.9 Å². The smallest absolute Gasteiger partial charge is 0.261 e. The highest BCUT2D eigenvalue weighted by molar-refractivity contribution is 7.92. The summed E-state index contributed by atoms with van der Waals surface area (Å²) in [5, 5.41) is 3.57. The van der Waals surface area contributed by atoms with Gasteiger partial charge in [0.2, 0.25) is 0 Å². The zero-order valence-electron chi connectivity index (χ0n) is 16.5. The number of fused-ring (bicyclic) bond motifs is 1. The Morgan fingerprint density at radius 1 is 1.14 bits per heavy atom. The van der Waals surface area contributed by atoms with E-state index >= 15 is 0 Å². The van der Waals surface area contributed by atoms with E-state index in [-0.39, 0.29) is 10.8 Å². The van der Waals surface area contributed by atoms with E-state index in [1.807, 2.05) is 18.2 Å². The quantitative estimate of drug-likeness (QED) is 0.685. The van der Waals surface area contributed by atoms with Crippen LogP contribution in [0.3, 0.4) is 0 Å². The zero-order valence-corrected chi connectivity index (χ0v) is 17.4. The Morgan fingerprint density at radius 2 is 1.89 bits per heavy atom. The molecule has 0 saturated heterocycles. The van der Waals surface area contributed by atoms with Crippen molar-refractivity contribution < 1.29 is 12.8 Å². The maximum Gasteiger partial charge on any atom is 0.261 e. The van der Waals surface area contributed by atoms with Gasteiger partial charge in [0.05, 0.1) is 11.6 Å². The average Bonchev–Trinajstić information content (AvgIpc) is 2.71. The predicted octanol–water partition coefficient (Wildman–Crippen LogP) is 4.42. The lowest BCUT2D eigenvalue weighted by Gasteiger charge is -2.26. The van der Waals surface area contributed by atoms with Crippen LogP contribution < -0.4 is 10.0 Å². The molecule has 0 aliphatic heterocycles. The van der Waals surface area contributed by atoms with Gasteiger partial charge in [-0.05, 0) is 73.2 Å². The summed E-state index contributed by atoms with van der Waals surface area (Å²) in [6.07, 6.45) is 4.12. The first-order chi connectivity index (χ1) is 13.4. The van der Waals surface area contributed by atoms with Gasteiger partial charge in [-0.3, -0.25) is 9.11 Å². The number of hydrogen-bond acceptors (Lipinski definition) is 3. The van der Waals surface area contributed by atoms with E-state index in [0.717, 1.165) is 37.8 Å². The molecule has 0 heterocycles. The highest BCUT2D eigenvalue weighted by Gasteiger charge is 2.20. The first-order valence-corrected chi connectivity index (χ1v) is 11.4. The van der Waals surface area contributed by atoms with Crippen LogP contribution in [0.25, 0.3) is 0 Å². The largest absolute Gasteiger partial charge is 0.314 e. The summed E-state index contributed by atoms with van der Waals surface area (Å²) in [5.74, 6) is -0.235. The number of hydrogen-bond donors (Lipinski definition) is 2. The fraction of sp³-hybridized carbons (Fsp3) is 0.455. The Balaban J connectivity index is 1.71. The molecule has 1 aliphatic carbocycles. The highest BCUT2D eigenvalue weighted by atomic mass is 32.2. The van der Waals surface area contributed by atoms with Crippen molar-refractivity contribution >= 4 is 15.7 Å². The van der Waals surface area contributed by atoms with Crippen LogP contribution in [0, 0.1) is 0 Å². The van der Waals surface area contributed by atoms with Gasteiger partial charge in [-0.25, -0.2) is 8.42 Å². The second-order valence-electron chi connectivity index (χ2n) is 7.61. The summed E-state index contributed by atoms with van der Waals surface area (Å²) in [5.41, 5.74) is 3.87. The maximum absolute atomic E-state index is 12.8. The minimum atomic E-state index is -3.67. The van der Waals surface area contributed by atoms with Crippen LogP contribution in [0.5, 0.6) is 0 Å². The number of alkyl halides is 1. The molecular weight excluding hydrogens is 375 g/mol. The molecule has 0 radical (unpaired) electrons. The minimum Gasteiger partial charge on any atom is -0.314 e. The van der Waals surface area contributed by atoms with Crippen LogP contribution in [0.2, 0.25) is 0 Å².